The van der Waals surface area contributed by atoms with E-state index >= 15 is 0 Å². The van der Waals surface area contributed by atoms with Gasteiger partial charge in [-0.1, -0.05) is 6.07 Å². The molecular weight excluding hydrogens is 240 g/mol. The van der Waals surface area contributed by atoms with Crippen LogP contribution in [0.5, 0.6) is 5.88 Å². The zero-order valence-corrected chi connectivity index (χ0v) is 11.5. The summed E-state index contributed by atoms with van der Waals surface area (Å²) >= 11 is 0. The van der Waals surface area contributed by atoms with Crippen LogP contribution < -0.4 is 10.1 Å². The van der Waals surface area contributed by atoms with E-state index in [9.17, 15) is 0 Å². The van der Waals surface area contributed by atoms with E-state index in [1.54, 1.807) is 6.20 Å². The Labute approximate surface area is 113 Å². The lowest BCUT2D eigenvalue weighted by Crippen LogP contribution is -2.06. The van der Waals surface area contributed by atoms with Gasteiger partial charge in [-0.2, -0.15) is 5.10 Å². The number of ether oxygens (including phenoxy) is 1. The van der Waals surface area contributed by atoms with Gasteiger partial charge in [0.05, 0.1) is 12.3 Å². The minimum Gasteiger partial charge on any atom is -0.478 e. The Morgan fingerprint density at radius 3 is 2.84 bits per heavy atom. The molecule has 0 atom stereocenters. The van der Waals surface area contributed by atoms with Crippen LogP contribution in [0.2, 0.25) is 0 Å². The van der Waals surface area contributed by atoms with E-state index < -0.39 is 0 Å². The zero-order chi connectivity index (χ0) is 13.7. The van der Waals surface area contributed by atoms with Crippen molar-refractivity contribution in [2.75, 3.05) is 11.9 Å². The summed E-state index contributed by atoms with van der Waals surface area (Å²) in [6, 6.07) is 5.87. The Balaban J connectivity index is 2.07. The Morgan fingerprint density at radius 2 is 2.11 bits per heavy atom. The summed E-state index contributed by atoms with van der Waals surface area (Å²) in [6.07, 6.45) is 1.73. The second-order valence-corrected chi connectivity index (χ2v) is 4.25. The van der Waals surface area contributed by atoms with E-state index in [1.807, 2.05) is 39.0 Å². The van der Waals surface area contributed by atoms with Crippen LogP contribution in [0.15, 0.2) is 24.4 Å². The molecule has 0 spiro atoms. The normalized spacial score (nSPS) is 10.3. The lowest BCUT2D eigenvalue weighted by Gasteiger charge is -2.10. The van der Waals surface area contributed by atoms with Crippen molar-refractivity contribution < 1.29 is 4.74 Å². The van der Waals surface area contributed by atoms with Crippen molar-refractivity contribution in [3.63, 3.8) is 0 Å². The van der Waals surface area contributed by atoms with Crippen molar-refractivity contribution in [3.05, 3.63) is 41.2 Å². The minimum atomic E-state index is 0.605. The highest BCUT2D eigenvalue weighted by molar-refractivity contribution is 5.39. The maximum Gasteiger partial charge on any atom is 0.218 e. The molecule has 5 nitrogen and oxygen atoms in total. The van der Waals surface area contributed by atoms with Crippen LogP contribution in [0, 0.1) is 13.8 Å². The number of aromatic nitrogens is 3. The second kappa shape index (κ2) is 6.13. The topological polar surface area (TPSA) is 59.9 Å². The van der Waals surface area contributed by atoms with Gasteiger partial charge >= 0.3 is 0 Å². The Bertz CT molecular complexity index is 557. The van der Waals surface area contributed by atoms with Gasteiger partial charge in [0.25, 0.3) is 0 Å². The van der Waals surface area contributed by atoms with Crippen LogP contribution in [0.3, 0.4) is 0 Å². The van der Waals surface area contributed by atoms with Gasteiger partial charge in [-0.05, 0) is 38.5 Å². The molecule has 1 N–H and O–H groups in total. The van der Waals surface area contributed by atoms with Gasteiger partial charge in [0.15, 0.2) is 0 Å². The summed E-state index contributed by atoms with van der Waals surface area (Å²) in [7, 11) is 0. The van der Waals surface area contributed by atoms with Crippen molar-refractivity contribution in [1.29, 1.82) is 0 Å². The predicted molar refractivity (Wildman–Crippen MR) is 74.2 cm³/mol. The average molecular weight is 258 g/mol. The Hall–Kier alpha value is -2.17. The molecule has 0 aliphatic heterocycles. The quantitative estimate of drug-likeness (QED) is 0.892. The fraction of sp³-hybridized carbons (Fsp3) is 0.357. The van der Waals surface area contributed by atoms with Crippen molar-refractivity contribution >= 4 is 5.82 Å². The Kier molecular flexibility index (Phi) is 4.28. The van der Waals surface area contributed by atoms with Gasteiger partial charge in [-0.15, -0.1) is 5.10 Å². The molecule has 5 heteroatoms. The zero-order valence-electron chi connectivity index (χ0n) is 11.5. The van der Waals surface area contributed by atoms with E-state index in [-0.39, 0.29) is 0 Å². The number of anilines is 1. The molecular formula is C14H18N4O. The fourth-order valence-corrected chi connectivity index (χ4v) is 1.64. The summed E-state index contributed by atoms with van der Waals surface area (Å²) in [5.74, 6) is 1.42. The van der Waals surface area contributed by atoms with Crippen molar-refractivity contribution in [2.24, 2.45) is 0 Å². The molecule has 2 heterocycles. The third-order valence-electron chi connectivity index (χ3n) is 2.82. The SMILES string of the molecule is CCOc1ncccc1CNc1cc(C)c(C)nn1. The van der Waals surface area contributed by atoms with Gasteiger partial charge in [0.2, 0.25) is 5.88 Å². The molecule has 19 heavy (non-hydrogen) atoms. The lowest BCUT2D eigenvalue weighted by atomic mass is 10.2. The lowest BCUT2D eigenvalue weighted by molar-refractivity contribution is 0.323. The highest BCUT2D eigenvalue weighted by atomic mass is 16.5. The highest BCUT2D eigenvalue weighted by Crippen LogP contribution is 2.16. The largest absolute Gasteiger partial charge is 0.478 e. The number of nitrogens with zero attached hydrogens (tertiary/aromatic N) is 3. The first-order valence-electron chi connectivity index (χ1n) is 6.32. The van der Waals surface area contributed by atoms with Gasteiger partial charge in [-0.3, -0.25) is 0 Å². The standard InChI is InChI=1S/C14H18N4O/c1-4-19-14-12(6-5-7-15-14)9-16-13-8-10(2)11(3)17-18-13/h5-8H,4,9H2,1-3H3,(H,16,18). The highest BCUT2D eigenvalue weighted by Gasteiger charge is 2.05. The fourth-order valence-electron chi connectivity index (χ4n) is 1.64. The van der Waals surface area contributed by atoms with E-state index in [4.69, 9.17) is 4.74 Å². The summed E-state index contributed by atoms with van der Waals surface area (Å²) in [5, 5.41) is 11.4. The molecule has 0 saturated carbocycles. The van der Waals surface area contributed by atoms with Crippen LogP contribution in [-0.4, -0.2) is 21.8 Å². The van der Waals surface area contributed by atoms with Crippen molar-refractivity contribution in [1.82, 2.24) is 15.2 Å². The summed E-state index contributed by atoms with van der Waals surface area (Å²) < 4.78 is 5.48. The number of pyridine rings is 1. The summed E-state index contributed by atoms with van der Waals surface area (Å²) in [5.41, 5.74) is 3.07. The number of nitrogens with one attached hydrogen (secondary N) is 1. The first-order chi connectivity index (χ1) is 9.20. The third kappa shape index (κ3) is 3.40. The average Bonchev–Trinajstić information content (AvgIpc) is 2.42. The van der Waals surface area contributed by atoms with Gasteiger partial charge in [0, 0.05) is 18.3 Å². The predicted octanol–water partition coefficient (Wildman–Crippen LogP) is 2.50. The van der Waals surface area contributed by atoms with E-state index in [0.717, 1.165) is 22.6 Å². The smallest absolute Gasteiger partial charge is 0.218 e. The molecule has 0 aromatic carbocycles. The van der Waals surface area contributed by atoms with Crippen LogP contribution in [0.4, 0.5) is 5.82 Å². The molecule has 2 aromatic heterocycles. The number of aryl methyl sites for hydroxylation is 2. The maximum atomic E-state index is 5.48. The third-order valence-corrected chi connectivity index (χ3v) is 2.82. The molecule has 100 valence electrons. The summed E-state index contributed by atoms with van der Waals surface area (Å²) in [6.45, 7) is 7.12. The molecule has 2 aromatic rings. The van der Waals surface area contributed by atoms with Crippen molar-refractivity contribution in [2.45, 2.75) is 27.3 Å². The molecule has 2 rings (SSSR count). The maximum absolute atomic E-state index is 5.48. The molecule has 0 amide bonds. The first kappa shape index (κ1) is 13.3. The van der Waals surface area contributed by atoms with Crippen LogP contribution in [0.25, 0.3) is 0 Å². The molecule has 0 fully saturated rings. The monoisotopic (exact) mass is 258 g/mol. The van der Waals surface area contributed by atoms with Gasteiger partial charge in [0.1, 0.15) is 5.82 Å². The molecule has 0 unspecified atom stereocenters. The van der Waals surface area contributed by atoms with Crippen LogP contribution in [0.1, 0.15) is 23.7 Å². The number of rotatable bonds is 5. The van der Waals surface area contributed by atoms with Gasteiger partial charge < -0.3 is 10.1 Å². The molecule has 0 radical (unpaired) electrons. The van der Waals surface area contributed by atoms with E-state index in [0.29, 0.717) is 19.0 Å². The Morgan fingerprint density at radius 1 is 1.26 bits per heavy atom. The second-order valence-electron chi connectivity index (χ2n) is 4.25. The van der Waals surface area contributed by atoms with Crippen LogP contribution in [-0.2, 0) is 6.54 Å². The van der Waals surface area contributed by atoms with E-state index in [1.165, 1.54) is 0 Å². The summed E-state index contributed by atoms with van der Waals surface area (Å²) in [4.78, 5) is 4.21. The number of hydrogen-bond donors (Lipinski definition) is 1. The van der Waals surface area contributed by atoms with Crippen molar-refractivity contribution in [3.8, 4) is 5.88 Å². The van der Waals surface area contributed by atoms with Gasteiger partial charge in [-0.25, -0.2) is 4.98 Å². The minimum absolute atomic E-state index is 0.605. The van der Waals surface area contributed by atoms with E-state index in [2.05, 4.69) is 20.5 Å². The molecule has 0 saturated heterocycles. The molecule has 0 aliphatic carbocycles. The molecule has 0 aliphatic rings. The van der Waals surface area contributed by atoms with Crippen LogP contribution >= 0.6 is 0 Å². The first-order valence-corrected chi connectivity index (χ1v) is 6.32. The number of hydrogen-bond acceptors (Lipinski definition) is 5. The molecule has 0 bridgehead atoms.